The van der Waals surface area contributed by atoms with Gasteiger partial charge in [0.25, 0.3) is 5.69 Å². The molecular formula is C45H73Cl2N5O16. The van der Waals surface area contributed by atoms with Gasteiger partial charge in [-0.3, -0.25) is 10.1 Å². The number of hydrogen-bond acceptors (Lipinski definition) is 16. The fraction of sp³-hybridized carbons (Fsp3) is 0.756. The van der Waals surface area contributed by atoms with E-state index in [9.17, 15) is 34.1 Å². The summed E-state index contributed by atoms with van der Waals surface area (Å²) in [6.45, 7) is 19.8. The van der Waals surface area contributed by atoms with E-state index >= 15 is 0 Å². The van der Waals surface area contributed by atoms with E-state index in [0.29, 0.717) is 65.6 Å². The van der Waals surface area contributed by atoms with Gasteiger partial charge < -0.3 is 62.6 Å². The molecule has 0 unspecified atom stereocenters. The maximum Gasteiger partial charge on any atom is 0.410 e. The topological polar surface area (TPSA) is 236 Å². The molecule has 0 spiro atoms. The number of aliphatic hydroxyl groups excluding tert-OH is 1. The summed E-state index contributed by atoms with van der Waals surface area (Å²) in [4.78, 5) is 72.8. The number of halogens is 2. The zero-order valence-corrected chi connectivity index (χ0v) is 42.0. The number of nitrogens with zero attached hydrogens (tertiary/aromatic N) is 5. The van der Waals surface area contributed by atoms with Gasteiger partial charge in [-0.05, 0) is 98.6 Å². The summed E-state index contributed by atoms with van der Waals surface area (Å²) in [6, 6.07) is 5.02. The second-order valence-corrected chi connectivity index (χ2v) is 18.7. The molecule has 7 rings (SSSR count). The number of likely N-dealkylation sites (tertiary alicyclic amines) is 2. The van der Waals surface area contributed by atoms with Gasteiger partial charge in [-0.2, -0.15) is 0 Å². The maximum absolute atomic E-state index is 12.0. The first kappa shape index (κ1) is 59.7. The van der Waals surface area contributed by atoms with Crippen molar-refractivity contribution in [2.75, 3.05) is 92.0 Å². The number of carbonyl (C=O) groups excluding carboxylic acids is 5. The number of non-ortho nitro benzene ring substituents is 1. The van der Waals surface area contributed by atoms with Crippen LogP contribution in [0.2, 0.25) is 0 Å². The predicted molar refractivity (Wildman–Crippen MR) is 252 cm³/mol. The first-order valence-electron chi connectivity index (χ1n) is 23.1. The van der Waals surface area contributed by atoms with E-state index in [-0.39, 0.29) is 66.5 Å². The summed E-state index contributed by atoms with van der Waals surface area (Å²) in [5.74, 6) is 0.172. The monoisotopic (exact) mass is 1010 g/mol. The first-order valence-corrected chi connectivity index (χ1v) is 23.5. The van der Waals surface area contributed by atoms with Crippen molar-refractivity contribution in [2.24, 2.45) is 0 Å². The molecule has 0 bridgehead atoms. The van der Waals surface area contributed by atoms with E-state index in [1.165, 1.54) is 66.2 Å². The van der Waals surface area contributed by atoms with Crippen LogP contribution in [0.15, 0.2) is 24.3 Å². The molecule has 0 aromatic heterocycles. The number of aliphatic hydroxyl groups is 1. The van der Waals surface area contributed by atoms with Crippen molar-refractivity contribution in [1.82, 2.24) is 19.6 Å². The summed E-state index contributed by atoms with van der Waals surface area (Å²) in [6.07, 6.45) is 8.72. The number of amides is 4. The number of ether oxygens (including phenoxy) is 8. The summed E-state index contributed by atoms with van der Waals surface area (Å²) < 4.78 is 41.2. The highest BCUT2D eigenvalue weighted by molar-refractivity contribution is 6.61. The van der Waals surface area contributed by atoms with Gasteiger partial charge in [0.05, 0.1) is 50.4 Å². The van der Waals surface area contributed by atoms with Crippen molar-refractivity contribution < 1.29 is 71.9 Å². The summed E-state index contributed by atoms with van der Waals surface area (Å²) in [7, 11) is 0. The molecular weight excluding hydrogens is 937 g/mol. The number of hydrogen-bond donors (Lipinski definition) is 1. The largest absolute Gasteiger partial charge is 0.446 e. The zero-order chi connectivity index (χ0) is 49.4. The van der Waals surface area contributed by atoms with Gasteiger partial charge in [0.15, 0.2) is 0 Å². The van der Waals surface area contributed by atoms with Gasteiger partial charge in [-0.1, -0.05) is 12.8 Å². The third-order valence-electron chi connectivity index (χ3n) is 10.1. The Labute approximate surface area is 410 Å². The molecule has 6 fully saturated rings. The molecule has 0 radical (unpaired) electrons. The van der Waals surface area contributed by atoms with E-state index in [1.54, 1.807) is 9.80 Å². The van der Waals surface area contributed by atoms with Crippen molar-refractivity contribution in [1.29, 1.82) is 0 Å². The van der Waals surface area contributed by atoms with E-state index in [2.05, 4.69) is 4.74 Å². The van der Waals surface area contributed by atoms with Crippen molar-refractivity contribution >= 4 is 59.5 Å². The lowest BCUT2D eigenvalue weighted by Gasteiger charge is -2.39. The molecule has 1 saturated carbocycles. The summed E-state index contributed by atoms with van der Waals surface area (Å²) in [5.41, 5.74) is -2.01. The number of carbonyl (C=O) groups is 5. The Kier molecular flexibility index (Phi) is 27.2. The lowest BCUT2D eigenvalue weighted by atomic mass is 9.96. The molecule has 21 nitrogen and oxygen atoms in total. The standard InChI is InChI=1S/C14H24N2O5.C10H17NO3.C8H15NO3.C7H4ClNO4.C6H12O.ClH/c1-14(2,3)21-13(18)16-9-11(10-16)20-12(17)15-5-4-7-19-8-6-15;12-10(14-9-3-1-4-9)11-5-2-7-13-8-6-11;1-8(2,3)12-7(11)9-4-6(10)5-9;8-7(10)13-6-3-1-5(2-4-6)9(11)12;1-2-4-6-7-5-3-1;/h11H,4-10H2,1-3H3;9H,1-8H2;6,10H,4-5H2,1-3H3;1-4H;1-6H2;1H. The molecule has 6 aliphatic rings. The van der Waals surface area contributed by atoms with E-state index < -0.39 is 21.6 Å². The minimum Gasteiger partial charge on any atom is -0.446 e. The maximum atomic E-state index is 12.0. The van der Waals surface area contributed by atoms with E-state index in [1.807, 2.05) is 41.5 Å². The molecule has 68 heavy (non-hydrogen) atoms. The fourth-order valence-corrected chi connectivity index (χ4v) is 6.38. The Hall–Kier alpha value is -4.41. The first-order chi connectivity index (χ1) is 31.7. The Morgan fingerprint density at radius 2 is 1.03 bits per heavy atom. The van der Waals surface area contributed by atoms with Gasteiger partial charge in [0, 0.05) is 76.3 Å². The normalized spacial score (nSPS) is 18.8. The van der Waals surface area contributed by atoms with Gasteiger partial charge in [-0.15, -0.1) is 12.4 Å². The SMILES string of the molecule is C1CCCOCC1.CC(C)(C)OC(=O)N1CC(O)C1.CC(C)(C)OC(=O)N1CC(OC(=O)N2CCCOCC2)C1.Cl.O=C(Cl)Oc1ccc([N+](=O)[O-])cc1.O=C(OC1CCC1)N1CCCOCC1. The van der Waals surface area contributed by atoms with Crippen LogP contribution in [0.25, 0.3) is 0 Å². The second-order valence-electron chi connectivity index (χ2n) is 18.4. The average Bonchev–Trinajstić information content (AvgIpc) is 3.79. The average molecular weight is 1010 g/mol. The Morgan fingerprint density at radius 3 is 1.43 bits per heavy atom. The molecule has 1 aromatic rings. The number of nitro benzene ring substituents is 1. The summed E-state index contributed by atoms with van der Waals surface area (Å²) >= 11 is 4.92. The van der Waals surface area contributed by atoms with Crippen LogP contribution in [-0.2, 0) is 33.2 Å². The van der Waals surface area contributed by atoms with E-state index in [4.69, 9.17) is 49.9 Å². The smallest absolute Gasteiger partial charge is 0.410 e. The highest BCUT2D eigenvalue weighted by atomic mass is 35.5. The van der Waals surface area contributed by atoms with Gasteiger partial charge in [0.1, 0.15) is 29.2 Å². The Bertz CT molecular complexity index is 1650. The Morgan fingerprint density at radius 1 is 0.603 bits per heavy atom. The zero-order valence-electron chi connectivity index (χ0n) is 40.4. The van der Waals surface area contributed by atoms with Crippen LogP contribution in [-0.4, -0.2) is 181 Å². The van der Waals surface area contributed by atoms with E-state index in [0.717, 1.165) is 52.0 Å². The third-order valence-corrected chi connectivity index (χ3v) is 10.2. The number of rotatable bonds is 4. The molecule has 388 valence electrons. The molecule has 5 saturated heterocycles. The molecule has 5 heterocycles. The van der Waals surface area contributed by atoms with Crippen LogP contribution in [0.5, 0.6) is 5.75 Å². The number of nitro groups is 1. The third kappa shape index (κ3) is 25.3. The van der Waals surface area contributed by atoms with Gasteiger partial charge >= 0.3 is 29.8 Å². The van der Waals surface area contributed by atoms with Crippen LogP contribution in [0, 0.1) is 10.1 Å². The molecule has 1 aliphatic carbocycles. The lowest BCUT2D eigenvalue weighted by molar-refractivity contribution is -0.384. The van der Waals surface area contributed by atoms with Crippen LogP contribution in [0.1, 0.15) is 99.3 Å². The fourth-order valence-electron chi connectivity index (χ4n) is 6.29. The summed E-state index contributed by atoms with van der Waals surface area (Å²) in [5, 5.41) is 19.1. The predicted octanol–water partition coefficient (Wildman–Crippen LogP) is 7.79. The molecule has 5 aliphatic heterocycles. The van der Waals surface area contributed by atoms with Crippen molar-refractivity contribution in [3.8, 4) is 5.75 Å². The molecule has 0 atom stereocenters. The Balaban J connectivity index is 0.000000302. The van der Waals surface area contributed by atoms with Crippen molar-refractivity contribution in [2.45, 2.75) is 129 Å². The van der Waals surface area contributed by atoms with Crippen LogP contribution in [0.3, 0.4) is 0 Å². The van der Waals surface area contributed by atoms with Crippen LogP contribution >= 0.6 is 24.0 Å². The van der Waals surface area contributed by atoms with Crippen molar-refractivity contribution in [3.05, 3.63) is 34.4 Å². The second kappa shape index (κ2) is 30.9. The minimum atomic E-state index is -0.978. The molecule has 1 aromatic carbocycles. The minimum absolute atomic E-state index is 0. The molecule has 4 amide bonds. The highest BCUT2D eigenvalue weighted by Crippen LogP contribution is 2.23. The molecule has 23 heteroatoms. The quantitative estimate of drug-likeness (QED) is 0.131. The number of benzene rings is 1. The van der Waals surface area contributed by atoms with Crippen LogP contribution < -0.4 is 4.74 Å². The van der Waals surface area contributed by atoms with Gasteiger partial charge in [0.2, 0.25) is 0 Å². The molecule has 1 N–H and O–H groups in total. The van der Waals surface area contributed by atoms with Gasteiger partial charge in [-0.25, -0.2) is 24.0 Å². The number of β-amino-alcohol motifs (C(OH)–C–C–N with tert-alkyl or cyclic N) is 1. The van der Waals surface area contributed by atoms with Crippen molar-refractivity contribution in [3.63, 3.8) is 0 Å². The lowest BCUT2D eigenvalue weighted by Crippen LogP contribution is -2.57. The van der Waals surface area contributed by atoms with Crippen LogP contribution in [0.4, 0.5) is 29.7 Å². The highest BCUT2D eigenvalue weighted by Gasteiger charge is 2.37.